The van der Waals surface area contributed by atoms with E-state index in [4.69, 9.17) is 0 Å². The molecule has 1 aromatic heterocycles. The van der Waals surface area contributed by atoms with E-state index in [2.05, 4.69) is 12.0 Å². The van der Waals surface area contributed by atoms with Gasteiger partial charge in [0.1, 0.15) is 0 Å². The number of piperazine rings is 1. The van der Waals surface area contributed by atoms with Gasteiger partial charge in [0.2, 0.25) is 5.91 Å². The highest BCUT2D eigenvalue weighted by Gasteiger charge is 2.31. The maximum absolute atomic E-state index is 13.0. The molecule has 2 aliphatic heterocycles. The van der Waals surface area contributed by atoms with Gasteiger partial charge in [0.25, 0.3) is 5.91 Å². The van der Waals surface area contributed by atoms with Gasteiger partial charge >= 0.3 is 0 Å². The third-order valence-electron chi connectivity index (χ3n) is 6.00. The van der Waals surface area contributed by atoms with Crippen LogP contribution in [0.3, 0.4) is 0 Å². The number of rotatable bonds is 4. The van der Waals surface area contributed by atoms with E-state index in [1.165, 1.54) is 0 Å². The van der Waals surface area contributed by atoms with Crippen molar-refractivity contribution in [3.05, 3.63) is 53.3 Å². The Balaban J connectivity index is 1.40. The molecule has 0 unspecified atom stereocenters. The fourth-order valence-electron chi connectivity index (χ4n) is 4.36. The van der Waals surface area contributed by atoms with Gasteiger partial charge in [-0.15, -0.1) is 0 Å². The van der Waals surface area contributed by atoms with Crippen LogP contribution in [0.2, 0.25) is 0 Å². The first-order valence-electron chi connectivity index (χ1n) is 10.4. The maximum Gasteiger partial charge on any atom is 0.257 e. The number of carbonyl (C=O) groups excluding carboxylic acids is 2. The van der Waals surface area contributed by atoms with Gasteiger partial charge in [0, 0.05) is 32.7 Å². The molecule has 3 heterocycles. The number of amides is 2. The number of hydrogen-bond donors (Lipinski definition) is 0. The van der Waals surface area contributed by atoms with Gasteiger partial charge < -0.3 is 9.80 Å². The summed E-state index contributed by atoms with van der Waals surface area (Å²) >= 11 is 0. The lowest BCUT2D eigenvalue weighted by Gasteiger charge is -2.36. The number of carbonyl (C=O) groups is 2. The van der Waals surface area contributed by atoms with Crippen LogP contribution in [0.15, 0.2) is 36.5 Å². The quantitative estimate of drug-likeness (QED) is 0.819. The lowest BCUT2D eigenvalue weighted by atomic mass is 9.94. The van der Waals surface area contributed by atoms with E-state index < -0.39 is 0 Å². The minimum atomic E-state index is -0.105. The first-order chi connectivity index (χ1) is 13.7. The molecule has 1 saturated heterocycles. The fourth-order valence-corrected chi connectivity index (χ4v) is 4.36. The Morgan fingerprint density at radius 2 is 1.71 bits per heavy atom. The molecular formula is C22H28N4O2. The molecule has 28 heavy (non-hydrogen) atoms. The molecule has 2 amide bonds. The molecule has 6 nitrogen and oxygen atoms in total. The Bertz CT molecular complexity index is 837. The third-order valence-corrected chi connectivity index (χ3v) is 6.00. The number of aromatic nitrogens is 2. The number of nitrogens with zero attached hydrogens (tertiary/aromatic N) is 4. The molecule has 0 saturated carbocycles. The van der Waals surface area contributed by atoms with E-state index in [1.54, 1.807) is 6.20 Å². The second-order valence-corrected chi connectivity index (χ2v) is 7.67. The number of fused-ring (bicyclic) bond motifs is 1. The largest absolute Gasteiger partial charge is 0.339 e. The highest BCUT2D eigenvalue weighted by atomic mass is 16.2. The van der Waals surface area contributed by atoms with Crippen molar-refractivity contribution in [1.29, 1.82) is 0 Å². The normalized spacial score (nSPS) is 17.9. The van der Waals surface area contributed by atoms with E-state index in [9.17, 15) is 9.59 Å². The molecule has 0 N–H and O–H groups in total. The summed E-state index contributed by atoms with van der Waals surface area (Å²) in [4.78, 5) is 29.8. The predicted molar refractivity (Wildman–Crippen MR) is 107 cm³/mol. The fraction of sp³-hybridized carbons (Fsp3) is 0.500. The molecule has 2 aliphatic rings. The molecule has 0 radical (unpaired) electrons. The summed E-state index contributed by atoms with van der Waals surface area (Å²) in [6.45, 7) is 5.32. The minimum absolute atomic E-state index is 0.0605. The van der Waals surface area contributed by atoms with Crippen molar-refractivity contribution in [3.8, 4) is 0 Å². The summed E-state index contributed by atoms with van der Waals surface area (Å²) in [6, 6.07) is 9.98. The molecule has 0 spiro atoms. The highest BCUT2D eigenvalue weighted by Crippen LogP contribution is 2.24. The zero-order valence-electron chi connectivity index (χ0n) is 16.5. The first-order valence-corrected chi connectivity index (χ1v) is 10.4. The average Bonchev–Trinajstić information content (AvgIpc) is 3.19. The van der Waals surface area contributed by atoms with Crippen LogP contribution in [-0.2, 0) is 17.8 Å². The zero-order valence-corrected chi connectivity index (χ0v) is 16.5. The summed E-state index contributed by atoms with van der Waals surface area (Å²) < 4.78 is 1.97. The summed E-state index contributed by atoms with van der Waals surface area (Å²) in [5.41, 5.74) is 2.89. The van der Waals surface area contributed by atoms with Crippen molar-refractivity contribution in [2.75, 3.05) is 26.2 Å². The summed E-state index contributed by atoms with van der Waals surface area (Å²) in [6.07, 6.45) is 5.68. The van der Waals surface area contributed by atoms with Crippen LogP contribution in [-0.4, -0.2) is 57.6 Å². The van der Waals surface area contributed by atoms with Crippen LogP contribution in [0.1, 0.15) is 53.7 Å². The van der Waals surface area contributed by atoms with Crippen LogP contribution in [0, 0.1) is 0 Å². The van der Waals surface area contributed by atoms with Crippen molar-refractivity contribution in [2.45, 2.75) is 45.1 Å². The van der Waals surface area contributed by atoms with Gasteiger partial charge in [-0.25, -0.2) is 0 Å². The molecule has 6 heteroatoms. The highest BCUT2D eigenvalue weighted by molar-refractivity contribution is 5.95. The Morgan fingerprint density at radius 3 is 2.43 bits per heavy atom. The maximum atomic E-state index is 13.0. The predicted octanol–water partition coefficient (Wildman–Crippen LogP) is 2.70. The summed E-state index contributed by atoms with van der Waals surface area (Å²) in [7, 11) is 0. The van der Waals surface area contributed by atoms with Crippen LogP contribution >= 0.6 is 0 Å². The van der Waals surface area contributed by atoms with Crippen LogP contribution < -0.4 is 0 Å². The SMILES string of the molecule is CC[C@@H](C(=O)N1CCN(C(=O)c2cnn3c2CCCC3)CC1)c1ccccc1. The number of hydrogen-bond acceptors (Lipinski definition) is 3. The minimum Gasteiger partial charge on any atom is -0.339 e. The molecule has 1 fully saturated rings. The van der Waals surface area contributed by atoms with E-state index in [0.29, 0.717) is 26.2 Å². The zero-order chi connectivity index (χ0) is 19.5. The third kappa shape index (κ3) is 3.55. The van der Waals surface area contributed by atoms with Gasteiger partial charge in [0.15, 0.2) is 0 Å². The van der Waals surface area contributed by atoms with Crippen molar-refractivity contribution >= 4 is 11.8 Å². The standard InChI is InChI=1S/C22H28N4O2/c1-2-18(17-8-4-3-5-9-17)21(27)24-12-14-25(15-13-24)22(28)19-16-23-26-11-7-6-10-20(19)26/h3-5,8-9,16,18H,2,6-7,10-15H2,1H3/t18-/m1/s1. The Hall–Kier alpha value is -2.63. The molecule has 1 aromatic carbocycles. The molecular weight excluding hydrogens is 352 g/mol. The van der Waals surface area contributed by atoms with Crippen molar-refractivity contribution < 1.29 is 9.59 Å². The summed E-state index contributed by atoms with van der Waals surface area (Å²) in [5, 5.41) is 4.39. The van der Waals surface area contributed by atoms with E-state index in [0.717, 1.165) is 49.0 Å². The van der Waals surface area contributed by atoms with Crippen molar-refractivity contribution in [3.63, 3.8) is 0 Å². The molecule has 0 bridgehead atoms. The molecule has 0 aliphatic carbocycles. The van der Waals surface area contributed by atoms with Crippen LogP contribution in [0.25, 0.3) is 0 Å². The topological polar surface area (TPSA) is 58.4 Å². The van der Waals surface area contributed by atoms with Crippen molar-refractivity contribution in [2.24, 2.45) is 0 Å². The average molecular weight is 380 g/mol. The summed E-state index contributed by atoms with van der Waals surface area (Å²) in [5.74, 6) is 0.125. The lowest BCUT2D eigenvalue weighted by molar-refractivity contribution is -0.134. The Kier molecular flexibility index (Phi) is 5.46. The van der Waals surface area contributed by atoms with Crippen LogP contribution in [0.5, 0.6) is 0 Å². The van der Waals surface area contributed by atoms with Gasteiger partial charge in [-0.2, -0.15) is 5.10 Å². The van der Waals surface area contributed by atoms with E-state index >= 15 is 0 Å². The Labute approximate surface area is 166 Å². The number of benzene rings is 1. The van der Waals surface area contributed by atoms with Crippen molar-refractivity contribution in [1.82, 2.24) is 19.6 Å². The van der Waals surface area contributed by atoms with Crippen LogP contribution in [0.4, 0.5) is 0 Å². The molecule has 4 rings (SSSR count). The number of aryl methyl sites for hydroxylation is 1. The molecule has 148 valence electrons. The van der Waals surface area contributed by atoms with Gasteiger partial charge in [-0.05, 0) is 31.2 Å². The van der Waals surface area contributed by atoms with Gasteiger partial charge in [-0.3, -0.25) is 14.3 Å². The lowest BCUT2D eigenvalue weighted by Crippen LogP contribution is -2.51. The Morgan fingerprint density at radius 1 is 1.00 bits per heavy atom. The molecule has 2 aromatic rings. The smallest absolute Gasteiger partial charge is 0.257 e. The van der Waals surface area contributed by atoms with Gasteiger partial charge in [0.05, 0.1) is 23.4 Å². The van der Waals surface area contributed by atoms with E-state index in [1.807, 2.05) is 44.8 Å². The van der Waals surface area contributed by atoms with E-state index in [-0.39, 0.29) is 17.7 Å². The van der Waals surface area contributed by atoms with Gasteiger partial charge in [-0.1, -0.05) is 37.3 Å². The molecule has 1 atom stereocenters. The second-order valence-electron chi connectivity index (χ2n) is 7.67. The first kappa shape index (κ1) is 18.7. The second kappa shape index (κ2) is 8.17. The monoisotopic (exact) mass is 380 g/mol.